The second kappa shape index (κ2) is 13.9. The van der Waals surface area contributed by atoms with E-state index in [1.54, 1.807) is 0 Å². The van der Waals surface area contributed by atoms with Gasteiger partial charge in [-0.15, -0.1) is 0 Å². The molecule has 0 aliphatic heterocycles. The number of halogens is 1. The van der Waals surface area contributed by atoms with Gasteiger partial charge >= 0.3 is 0 Å². The van der Waals surface area contributed by atoms with Gasteiger partial charge in [-0.05, 0) is 59.1 Å². The van der Waals surface area contributed by atoms with E-state index in [4.69, 9.17) is 0 Å². The summed E-state index contributed by atoms with van der Waals surface area (Å²) in [6.07, 6.45) is 0. The van der Waals surface area contributed by atoms with E-state index in [2.05, 4.69) is 150 Å². The van der Waals surface area contributed by atoms with Crippen molar-refractivity contribution in [3.8, 4) is 9.85 Å². The first-order chi connectivity index (χ1) is 17.0. The predicted molar refractivity (Wildman–Crippen MR) is 163 cm³/mol. The molecule has 4 aromatic rings. The van der Waals surface area contributed by atoms with Gasteiger partial charge in [0.1, 0.15) is 0 Å². The third-order valence-electron chi connectivity index (χ3n) is 5.96. The van der Waals surface area contributed by atoms with Crippen LogP contribution in [0.15, 0.2) is 97.1 Å². The monoisotopic (exact) mass is 572 g/mol. The van der Waals surface area contributed by atoms with E-state index in [1.807, 2.05) is 27.7 Å². The van der Waals surface area contributed by atoms with Crippen LogP contribution in [0.2, 0.25) is 0 Å². The Kier molecular flexibility index (Phi) is 11.3. The minimum Gasteiger partial charge on any atom is -0.0683 e. The fraction of sp³-hybridized carbons (Fsp3) is 0.235. The molecule has 180 valence electrons. The van der Waals surface area contributed by atoms with Gasteiger partial charge in [0.15, 0.2) is 0 Å². The molecule has 0 nitrogen and oxygen atoms in total. The minimum atomic E-state index is -0.411. The van der Waals surface area contributed by atoms with Crippen molar-refractivity contribution in [1.82, 2.24) is 0 Å². The van der Waals surface area contributed by atoms with Crippen molar-refractivity contribution in [2.75, 3.05) is 0 Å². The summed E-state index contributed by atoms with van der Waals surface area (Å²) in [7, 11) is 0. The lowest BCUT2D eigenvalue weighted by Gasteiger charge is -2.37. The molecule has 0 saturated heterocycles. The summed E-state index contributed by atoms with van der Waals surface area (Å²) in [4.78, 5) is 0. The molecular weight excluding hydrogens is 535 g/mol. The van der Waals surface area contributed by atoms with Gasteiger partial charge in [-0.25, -0.2) is 0 Å². The van der Waals surface area contributed by atoms with Crippen LogP contribution < -0.4 is 0 Å². The minimum absolute atomic E-state index is 0.411. The van der Waals surface area contributed by atoms with Gasteiger partial charge in [-0.3, -0.25) is 0 Å². The van der Waals surface area contributed by atoms with Gasteiger partial charge in [0, 0.05) is 28.2 Å². The normalized spacial score (nSPS) is 10.1. The van der Waals surface area contributed by atoms with Crippen LogP contribution >= 0.6 is 22.6 Å². The highest BCUT2D eigenvalue weighted by atomic mass is 127. The highest BCUT2D eigenvalue weighted by Gasteiger charge is 2.38. The van der Waals surface area contributed by atoms with E-state index < -0.39 is 5.41 Å². The summed E-state index contributed by atoms with van der Waals surface area (Å²) < 4.78 is 2.98. The molecule has 0 spiro atoms. The topological polar surface area (TPSA) is 0 Å². The second-order valence-corrected chi connectivity index (χ2v) is 8.68. The maximum Gasteiger partial charge on any atom is 0.0701 e. The first-order valence-corrected chi connectivity index (χ1v) is 13.6. The Balaban J connectivity index is 0.00000103. The molecule has 0 aliphatic rings. The number of hydrogen-bond donors (Lipinski definition) is 0. The third kappa shape index (κ3) is 6.44. The zero-order valence-electron chi connectivity index (χ0n) is 22.1. The molecule has 4 rings (SSSR count). The van der Waals surface area contributed by atoms with Gasteiger partial charge < -0.3 is 0 Å². The molecule has 0 aromatic heterocycles. The third-order valence-corrected chi connectivity index (χ3v) is 6.23. The Hall–Kier alpha value is -2.83. The molecule has 0 amide bonds. The number of benzene rings is 4. The molecule has 4 aromatic carbocycles. The Bertz CT molecular complexity index is 1110. The van der Waals surface area contributed by atoms with E-state index in [-0.39, 0.29) is 0 Å². The Morgan fingerprint density at radius 3 is 0.971 bits per heavy atom. The van der Waals surface area contributed by atoms with E-state index >= 15 is 0 Å². The summed E-state index contributed by atoms with van der Waals surface area (Å²) >= 11 is 2.09. The van der Waals surface area contributed by atoms with Crippen LogP contribution in [0.4, 0.5) is 0 Å². The van der Waals surface area contributed by atoms with Crippen molar-refractivity contribution in [3.63, 3.8) is 0 Å². The van der Waals surface area contributed by atoms with Crippen LogP contribution in [-0.2, 0) is 5.41 Å². The standard InChI is InChI=1S/C30H25I.2C2H6/c1-22-4-12-26(13-5-22)30(27-14-6-23(2)7-15-27,28-16-8-24(3)9-17-28)29-18-10-25(11-19-29)20-21-31;2*1-2/h4-19H,1-3H3;2*1-2H3. The number of hydrogen-bond acceptors (Lipinski definition) is 0. The van der Waals surface area contributed by atoms with Crippen LogP contribution in [0.3, 0.4) is 0 Å². The Morgan fingerprint density at radius 2 is 0.714 bits per heavy atom. The van der Waals surface area contributed by atoms with Crippen molar-refractivity contribution >= 4 is 22.6 Å². The highest BCUT2D eigenvalue weighted by Crippen LogP contribution is 2.45. The summed E-state index contributed by atoms with van der Waals surface area (Å²) in [5, 5.41) is 0. The molecule has 0 saturated carbocycles. The average molecular weight is 573 g/mol. The highest BCUT2D eigenvalue weighted by molar-refractivity contribution is 14.1. The molecule has 0 heterocycles. The van der Waals surface area contributed by atoms with E-state index in [0.29, 0.717) is 0 Å². The number of rotatable bonds is 4. The lowest BCUT2D eigenvalue weighted by atomic mass is 9.65. The number of aryl methyl sites for hydroxylation is 3. The molecule has 35 heavy (non-hydrogen) atoms. The van der Waals surface area contributed by atoms with E-state index in [9.17, 15) is 0 Å². The quantitative estimate of drug-likeness (QED) is 0.130. The molecule has 0 radical (unpaired) electrons. The SMILES string of the molecule is CC.CC.Cc1ccc(C(c2ccc(C)cc2)(c2ccc(C)cc2)c2ccc(C#CI)cc2)cc1. The smallest absolute Gasteiger partial charge is 0.0683 e. The predicted octanol–water partition coefficient (Wildman–Crippen LogP) is 9.79. The lowest BCUT2D eigenvalue weighted by molar-refractivity contribution is 0.744. The summed E-state index contributed by atoms with van der Waals surface area (Å²) in [6.45, 7) is 14.4. The fourth-order valence-electron chi connectivity index (χ4n) is 4.27. The summed E-state index contributed by atoms with van der Waals surface area (Å²) in [5.41, 5.74) is 9.43. The van der Waals surface area contributed by atoms with Gasteiger partial charge in [-0.1, -0.05) is 135 Å². The second-order valence-electron chi connectivity index (χ2n) is 8.14. The van der Waals surface area contributed by atoms with E-state index in [1.165, 1.54) is 38.9 Å². The largest absolute Gasteiger partial charge is 0.0701 e. The van der Waals surface area contributed by atoms with Gasteiger partial charge in [-0.2, -0.15) is 0 Å². The average Bonchev–Trinajstić information content (AvgIpc) is 2.91. The van der Waals surface area contributed by atoms with Gasteiger partial charge in [0.25, 0.3) is 0 Å². The van der Waals surface area contributed by atoms with Crippen LogP contribution in [0.1, 0.15) is 72.2 Å². The zero-order chi connectivity index (χ0) is 25.8. The zero-order valence-corrected chi connectivity index (χ0v) is 24.3. The van der Waals surface area contributed by atoms with Crippen molar-refractivity contribution in [3.05, 3.63) is 142 Å². The molecule has 0 atom stereocenters. The molecule has 0 bridgehead atoms. The maximum atomic E-state index is 3.16. The van der Waals surface area contributed by atoms with E-state index in [0.717, 1.165) is 5.56 Å². The maximum absolute atomic E-state index is 3.16. The van der Waals surface area contributed by atoms with Crippen molar-refractivity contribution < 1.29 is 0 Å². The first-order valence-electron chi connectivity index (χ1n) is 12.5. The van der Waals surface area contributed by atoms with Gasteiger partial charge in [0.2, 0.25) is 0 Å². The van der Waals surface area contributed by atoms with Crippen LogP contribution in [0.25, 0.3) is 0 Å². The molecule has 1 heteroatoms. The van der Waals surface area contributed by atoms with Crippen LogP contribution in [-0.4, -0.2) is 0 Å². The summed E-state index contributed by atoms with van der Waals surface area (Å²) in [5.74, 6) is 3.16. The van der Waals surface area contributed by atoms with Crippen LogP contribution in [0.5, 0.6) is 0 Å². The molecular formula is C34H37I. The van der Waals surface area contributed by atoms with Crippen molar-refractivity contribution in [2.45, 2.75) is 53.9 Å². The molecule has 0 aliphatic carbocycles. The van der Waals surface area contributed by atoms with Crippen molar-refractivity contribution in [2.24, 2.45) is 0 Å². The van der Waals surface area contributed by atoms with Crippen LogP contribution in [0, 0.1) is 30.6 Å². The molecule has 0 N–H and O–H groups in total. The van der Waals surface area contributed by atoms with Gasteiger partial charge in [0.05, 0.1) is 5.41 Å². The molecule has 0 fully saturated rings. The first kappa shape index (κ1) is 28.4. The van der Waals surface area contributed by atoms with Crippen molar-refractivity contribution in [1.29, 1.82) is 0 Å². The molecule has 0 unspecified atom stereocenters. The fourth-order valence-corrected chi connectivity index (χ4v) is 4.58. The Labute approximate surface area is 227 Å². The lowest BCUT2D eigenvalue weighted by Crippen LogP contribution is -2.31. The summed E-state index contributed by atoms with van der Waals surface area (Å²) in [6, 6.07) is 35.6. The Morgan fingerprint density at radius 1 is 0.457 bits per heavy atom.